The quantitative estimate of drug-likeness (QED) is 0.783. The number of hydrogen-bond donors (Lipinski definition) is 1. The molecular weight excluding hydrogens is 258 g/mol. The Morgan fingerprint density at radius 3 is 2.84 bits per heavy atom. The molecule has 0 spiro atoms. The second-order valence-electron chi connectivity index (χ2n) is 3.93. The lowest BCUT2D eigenvalue weighted by molar-refractivity contribution is 0.327. The minimum Gasteiger partial charge on any atom is -0.478 e. The molecular formula is C14H13N3OS. The smallest absolute Gasteiger partial charge is 0.213 e. The van der Waals surface area contributed by atoms with Gasteiger partial charge in [0, 0.05) is 6.07 Å². The van der Waals surface area contributed by atoms with E-state index in [4.69, 9.17) is 4.74 Å². The van der Waals surface area contributed by atoms with Crippen molar-refractivity contribution in [2.24, 2.45) is 0 Å². The van der Waals surface area contributed by atoms with Crippen molar-refractivity contribution in [1.29, 1.82) is 0 Å². The van der Waals surface area contributed by atoms with Gasteiger partial charge in [0.05, 0.1) is 28.7 Å². The molecule has 2 heterocycles. The van der Waals surface area contributed by atoms with Crippen molar-refractivity contribution >= 4 is 32.4 Å². The van der Waals surface area contributed by atoms with Crippen molar-refractivity contribution in [3.05, 3.63) is 42.6 Å². The Labute approximate surface area is 115 Å². The number of fused-ring (bicyclic) bond motifs is 1. The first kappa shape index (κ1) is 11.9. The minimum absolute atomic E-state index is 0.623. The average Bonchev–Trinajstić information content (AvgIpc) is 2.83. The third-order valence-corrected chi connectivity index (χ3v) is 3.53. The van der Waals surface area contributed by atoms with Crippen LogP contribution in [-0.2, 0) is 0 Å². The zero-order valence-electron chi connectivity index (χ0n) is 10.5. The van der Waals surface area contributed by atoms with E-state index < -0.39 is 0 Å². The molecule has 0 fully saturated rings. The molecule has 96 valence electrons. The number of pyridine rings is 1. The summed E-state index contributed by atoms with van der Waals surface area (Å²) in [6.45, 7) is 2.56. The summed E-state index contributed by atoms with van der Waals surface area (Å²) in [5.74, 6) is 0.636. The highest BCUT2D eigenvalue weighted by Gasteiger charge is 2.03. The van der Waals surface area contributed by atoms with E-state index in [0.29, 0.717) is 12.5 Å². The van der Waals surface area contributed by atoms with Crippen molar-refractivity contribution in [1.82, 2.24) is 9.97 Å². The number of nitrogens with one attached hydrogen (secondary N) is 1. The number of ether oxygens (including phenoxy) is 1. The number of aromatic nitrogens is 2. The lowest BCUT2D eigenvalue weighted by Crippen LogP contribution is -1.95. The first-order chi connectivity index (χ1) is 9.35. The maximum Gasteiger partial charge on any atom is 0.213 e. The van der Waals surface area contributed by atoms with Crippen LogP contribution in [0.2, 0.25) is 0 Å². The molecule has 3 rings (SSSR count). The summed E-state index contributed by atoms with van der Waals surface area (Å²) in [5, 5.41) is 4.12. The molecule has 0 amide bonds. The van der Waals surface area contributed by atoms with Crippen LogP contribution in [0.1, 0.15) is 6.92 Å². The van der Waals surface area contributed by atoms with Crippen LogP contribution in [0.4, 0.5) is 10.8 Å². The maximum absolute atomic E-state index is 5.31. The van der Waals surface area contributed by atoms with E-state index in [-0.39, 0.29) is 0 Å². The maximum atomic E-state index is 5.31. The number of benzene rings is 1. The third-order valence-electron chi connectivity index (χ3n) is 2.57. The van der Waals surface area contributed by atoms with Crippen LogP contribution in [-0.4, -0.2) is 16.6 Å². The highest BCUT2D eigenvalue weighted by atomic mass is 32.1. The van der Waals surface area contributed by atoms with E-state index in [1.807, 2.05) is 37.3 Å². The van der Waals surface area contributed by atoms with Crippen LogP contribution in [0.15, 0.2) is 42.6 Å². The fourth-order valence-electron chi connectivity index (χ4n) is 1.74. The van der Waals surface area contributed by atoms with E-state index in [2.05, 4.69) is 21.4 Å². The summed E-state index contributed by atoms with van der Waals surface area (Å²) in [7, 11) is 0. The Morgan fingerprint density at radius 1 is 1.21 bits per heavy atom. The molecule has 4 nitrogen and oxygen atoms in total. The van der Waals surface area contributed by atoms with Gasteiger partial charge in [-0.05, 0) is 25.1 Å². The first-order valence-corrected chi connectivity index (χ1v) is 6.88. The van der Waals surface area contributed by atoms with Gasteiger partial charge >= 0.3 is 0 Å². The molecule has 3 aromatic rings. The Morgan fingerprint density at radius 2 is 2.11 bits per heavy atom. The highest BCUT2D eigenvalue weighted by Crippen LogP contribution is 2.28. The molecule has 5 heteroatoms. The van der Waals surface area contributed by atoms with Crippen LogP contribution in [0.5, 0.6) is 5.88 Å². The number of anilines is 2. The van der Waals surface area contributed by atoms with Crippen LogP contribution in [0.3, 0.4) is 0 Å². The standard InChI is InChI=1S/C14H13N3OS/c1-2-18-13-8-7-10(9-15-13)16-14-17-11-5-3-4-6-12(11)19-14/h3-9H,2H2,1H3,(H,16,17). The minimum atomic E-state index is 0.623. The molecule has 0 atom stereocenters. The van der Waals surface area contributed by atoms with E-state index in [0.717, 1.165) is 16.3 Å². The Hall–Kier alpha value is -2.14. The molecule has 0 bridgehead atoms. The summed E-state index contributed by atoms with van der Waals surface area (Å²) < 4.78 is 6.48. The molecule has 19 heavy (non-hydrogen) atoms. The Balaban J connectivity index is 1.80. The number of rotatable bonds is 4. The number of nitrogens with zero attached hydrogens (tertiary/aromatic N) is 2. The van der Waals surface area contributed by atoms with Crippen molar-refractivity contribution < 1.29 is 4.74 Å². The van der Waals surface area contributed by atoms with E-state index in [1.54, 1.807) is 17.5 Å². The van der Waals surface area contributed by atoms with E-state index in [9.17, 15) is 0 Å². The fourth-order valence-corrected chi connectivity index (χ4v) is 2.62. The summed E-state index contributed by atoms with van der Waals surface area (Å²) in [6, 6.07) is 11.9. The van der Waals surface area contributed by atoms with Gasteiger partial charge in [0.15, 0.2) is 5.13 Å². The second kappa shape index (κ2) is 5.24. The summed E-state index contributed by atoms with van der Waals surface area (Å²) in [5.41, 5.74) is 1.91. The predicted octanol–water partition coefficient (Wildman–Crippen LogP) is 3.83. The van der Waals surface area contributed by atoms with Crippen LogP contribution >= 0.6 is 11.3 Å². The van der Waals surface area contributed by atoms with Gasteiger partial charge in [-0.15, -0.1) is 0 Å². The van der Waals surface area contributed by atoms with Crippen molar-refractivity contribution in [3.63, 3.8) is 0 Å². The number of thiazole rings is 1. The molecule has 1 N–H and O–H groups in total. The van der Waals surface area contributed by atoms with Crippen LogP contribution in [0, 0.1) is 0 Å². The van der Waals surface area contributed by atoms with Gasteiger partial charge in [0.2, 0.25) is 5.88 Å². The number of para-hydroxylation sites is 1. The van der Waals surface area contributed by atoms with Crippen molar-refractivity contribution in [2.45, 2.75) is 6.92 Å². The molecule has 0 saturated heterocycles. The molecule has 0 radical (unpaired) electrons. The van der Waals surface area contributed by atoms with Gasteiger partial charge in [0.25, 0.3) is 0 Å². The van der Waals surface area contributed by atoms with Crippen LogP contribution < -0.4 is 10.1 Å². The third kappa shape index (κ3) is 2.66. The van der Waals surface area contributed by atoms with Gasteiger partial charge in [0.1, 0.15) is 0 Å². The van der Waals surface area contributed by atoms with Crippen molar-refractivity contribution in [3.8, 4) is 5.88 Å². The van der Waals surface area contributed by atoms with Gasteiger partial charge < -0.3 is 10.1 Å². The predicted molar refractivity (Wildman–Crippen MR) is 78.3 cm³/mol. The Kier molecular flexibility index (Phi) is 3.29. The van der Waals surface area contributed by atoms with Gasteiger partial charge in [-0.25, -0.2) is 9.97 Å². The second-order valence-corrected chi connectivity index (χ2v) is 4.96. The number of hydrogen-bond acceptors (Lipinski definition) is 5. The largest absolute Gasteiger partial charge is 0.478 e. The van der Waals surface area contributed by atoms with Gasteiger partial charge in [-0.1, -0.05) is 23.5 Å². The normalized spacial score (nSPS) is 10.6. The topological polar surface area (TPSA) is 47.0 Å². The van der Waals surface area contributed by atoms with E-state index in [1.165, 1.54) is 4.70 Å². The van der Waals surface area contributed by atoms with Crippen molar-refractivity contribution in [2.75, 3.05) is 11.9 Å². The lowest BCUT2D eigenvalue weighted by Gasteiger charge is -2.04. The van der Waals surface area contributed by atoms with Crippen LogP contribution in [0.25, 0.3) is 10.2 Å². The molecule has 0 aliphatic rings. The zero-order valence-corrected chi connectivity index (χ0v) is 11.3. The molecule has 0 saturated carbocycles. The molecule has 0 aliphatic carbocycles. The van der Waals surface area contributed by atoms with Gasteiger partial charge in [-0.2, -0.15) is 0 Å². The molecule has 0 aliphatic heterocycles. The fraction of sp³-hybridized carbons (Fsp3) is 0.143. The molecule has 0 unspecified atom stereocenters. The monoisotopic (exact) mass is 271 g/mol. The molecule has 2 aromatic heterocycles. The highest BCUT2D eigenvalue weighted by molar-refractivity contribution is 7.22. The zero-order chi connectivity index (χ0) is 13.1. The Bertz CT molecular complexity index is 645. The SMILES string of the molecule is CCOc1ccc(Nc2nc3ccccc3s2)cn1. The van der Waals surface area contributed by atoms with E-state index >= 15 is 0 Å². The summed E-state index contributed by atoms with van der Waals surface area (Å²) >= 11 is 1.63. The first-order valence-electron chi connectivity index (χ1n) is 6.06. The average molecular weight is 271 g/mol. The summed E-state index contributed by atoms with van der Waals surface area (Å²) in [4.78, 5) is 8.73. The molecule has 1 aromatic carbocycles. The van der Waals surface area contributed by atoms with Gasteiger partial charge in [-0.3, -0.25) is 0 Å². The lowest BCUT2D eigenvalue weighted by atomic mass is 10.3. The summed E-state index contributed by atoms with van der Waals surface area (Å²) in [6.07, 6.45) is 1.75.